The van der Waals surface area contributed by atoms with Crippen LogP contribution in [0.4, 0.5) is 10.5 Å². The van der Waals surface area contributed by atoms with E-state index in [1.54, 1.807) is 12.1 Å². The molecular formula is C27H29Cl2N3O2. The number of rotatable bonds is 8. The molecule has 34 heavy (non-hydrogen) atoms. The number of piperidine rings is 1. The normalized spacial score (nSPS) is 15.5. The smallest absolute Gasteiger partial charge is 0.319 e. The number of nitrogens with one attached hydrogen (secondary N) is 2. The lowest BCUT2D eigenvalue weighted by Crippen LogP contribution is -2.46. The van der Waals surface area contributed by atoms with Gasteiger partial charge in [0.1, 0.15) is 11.9 Å². The second kappa shape index (κ2) is 12.1. The van der Waals surface area contributed by atoms with Gasteiger partial charge in [0.15, 0.2) is 0 Å². The third-order valence-electron chi connectivity index (χ3n) is 5.96. The van der Waals surface area contributed by atoms with E-state index >= 15 is 0 Å². The molecule has 3 aromatic carbocycles. The van der Waals surface area contributed by atoms with E-state index in [1.165, 1.54) is 0 Å². The van der Waals surface area contributed by atoms with Crippen LogP contribution in [0.2, 0.25) is 10.0 Å². The Labute approximate surface area is 211 Å². The summed E-state index contributed by atoms with van der Waals surface area (Å²) in [4.78, 5) is 14.8. The van der Waals surface area contributed by atoms with Crippen LogP contribution in [0.25, 0.3) is 0 Å². The number of hydrogen-bond acceptors (Lipinski definition) is 3. The van der Waals surface area contributed by atoms with Gasteiger partial charge in [-0.25, -0.2) is 4.79 Å². The van der Waals surface area contributed by atoms with Crippen molar-refractivity contribution in [3.05, 3.63) is 94.5 Å². The largest absolute Gasteiger partial charge is 0.486 e. The van der Waals surface area contributed by atoms with E-state index < -0.39 is 0 Å². The van der Waals surface area contributed by atoms with Crippen LogP contribution in [-0.4, -0.2) is 36.6 Å². The molecule has 0 bridgehead atoms. The predicted octanol–water partition coefficient (Wildman–Crippen LogP) is 6.79. The number of halogens is 2. The van der Waals surface area contributed by atoms with E-state index in [0.717, 1.165) is 50.2 Å². The van der Waals surface area contributed by atoms with E-state index in [0.29, 0.717) is 15.7 Å². The van der Waals surface area contributed by atoms with E-state index in [2.05, 4.69) is 27.7 Å². The Morgan fingerprint density at radius 3 is 2.35 bits per heavy atom. The first-order valence-electron chi connectivity index (χ1n) is 11.6. The molecule has 4 rings (SSSR count). The van der Waals surface area contributed by atoms with Gasteiger partial charge in [0.2, 0.25) is 0 Å². The van der Waals surface area contributed by atoms with Crippen molar-refractivity contribution in [1.29, 1.82) is 0 Å². The first kappa shape index (κ1) is 24.4. The summed E-state index contributed by atoms with van der Waals surface area (Å²) in [6.07, 6.45) is 2.63. The van der Waals surface area contributed by atoms with Gasteiger partial charge in [-0.3, -0.25) is 0 Å². The number of carbonyl (C=O) groups is 1. The number of amides is 2. The molecule has 1 saturated heterocycles. The van der Waals surface area contributed by atoms with Gasteiger partial charge in [0, 0.05) is 47.8 Å². The Kier molecular flexibility index (Phi) is 8.69. The van der Waals surface area contributed by atoms with Crippen molar-refractivity contribution in [3.8, 4) is 5.75 Å². The van der Waals surface area contributed by atoms with E-state index in [9.17, 15) is 4.79 Å². The molecule has 2 amide bonds. The summed E-state index contributed by atoms with van der Waals surface area (Å²) >= 11 is 12.1. The number of anilines is 1. The Morgan fingerprint density at radius 2 is 1.65 bits per heavy atom. The maximum Gasteiger partial charge on any atom is 0.319 e. The molecule has 0 aliphatic carbocycles. The van der Waals surface area contributed by atoms with E-state index in [-0.39, 0.29) is 18.2 Å². The third-order valence-corrected chi connectivity index (χ3v) is 6.43. The SMILES string of the molecule is O=C(Nc1cccc(Cl)c1)NC1CCN(CCC(Oc2cccc(Cl)c2)c2ccccc2)CC1. The van der Waals surface area contributed by atoms with Crippen molar-refractivity contribution in [2.24, 2.45) is 0 Å². The fourth-order valence-corrected chi connectivity index (χ4v) is 4.56. The Morgan fingerprint density at radius 1 is 0.941 bits per heavy atom. The molecule has 0 spiro atoms. The Hall–Kier alpha value is -2.73. The zero-order chi connectivity index (χ0) is 23.8. The molecule has 1 aliphatic rings. The molecule has 0 aromatic heterocycles. The van der Waals surface area contributed by atoms with Crippen molar-refractivity contribution < 1.29 is 9.53 Å². The summed E-state index contributed by atoms with van der Waals surface area (Å²) in [5.74, 6) is 0.773. The van der Waals surface area contributed by atoms with Gasteiger partial charge in [-0.1, -0.05) is 65.7 Å². The minimum Gasteiger partial charge on any atom is -0.486 e. The van der Waals surface area contributed by atoms with Gasteiger partial charge in [-0.2, -0.15) is 0 Å². The Balaban J connectivity index is 1.26. The predicted molar refractivity (Wildman–Crippen MR) is 139 cm³/mol. The van der Waals surface area contributed by atoms with E-state index in [4.69, 9.17) is 27.9 Å². The number of carbonyl (C=O) groups excluding carboxylic acids is 1. The van der Waals surface area contributed by atoms with Crippen LogP contribution in [0.5, 0.6) is 5.75 Å². The van der Waals surface area contributed by atoms with Crippen LogP contribution in [0.3, 0.4) is 0 Å². The van der Waals surface area contributed by atoms with Gasteiger partial charge in [0.05, 0.1) is 0 Å². The van der Waals surface area contributed by atoms with Crippen LogP contribution in [0, 0.1) is 0 Å². The van der Waals surface area contributed by atoms with Gasteiger partial charge in [-0.05, 0) is 54.8 Å². The van der Waals surface area contributed by atoms with Crippen molar-refractivity contribution in [1.82, 2.24) is 10.2 Å². The van der Waals surface area contributed by atoms with Crippen molar-refractivity contribution >= 4 is 34.9 Å². The van der Waals surface area contributed by atoms with Gasteiger partial charge >= 0.3 is 6.03 Å². The quantitative estimate of drug-likeness (QED) is 0.360. The Bertz CT molecular complexity index is 1070. The highest BCUT2D eigenvalue weighted by Crippen LogP contribution is 2.27. The molecule has 7 heteroatoms. The van der Waals surface area contributed by atoms with E-state index in [1.807, 2.05) is 54.6 Å². The highest BCUT2D eigenvalue weighted by molar-refractivity contribution is 6.31. The van der Waals surface area contributed by atoms with Crippen LogP contribution in [0.1, 0.15) is 30.9 Å². The number of urea groups is 1. The van der Waals surface area contributed by atoms with Crippen LogP contribution in [0.15, 0.2) is 78.9 Å². The second-order valence-corrected chi connectivity index (χ2v) is 9.36. The average Bonchev–Trinajstić information content (AvgIpc) is 2.83. The summed E-state index contributed by atoms with van der Waals surface area (Å²) in [5.41, 5.74) is 1.84. The monoisotopic (exact) mass is 497 g/mol. The second-order valence-electron chi connectivity index (χ2n) is 8.49. The fourth-order valence-electron chi connectivity index (χ4n) is 4.19. The third kappa shape index (κ3) is 7.39. The van der Waals surface area contributed by atoms with Gasteiger partial charge in [0.25, 0.3) is 0 Å². The number of hydrogen-bond donors (Lipinski definition) is 2. The van der Waals surface area contributed by atoms with Crippen LogP contribution < -0.4 is 15.4 Å². The minimum atomic E-state index is -0.195. The molecule has 178 valence electrons. The van der Waals surface area contributed by atoms with Gasteiger partial charge in [-0.15, -0.1) is 0 Å². The number of likely N-dealkylation sites (tertiary alicyclic amines) is 1. The molecule has 1 aliphatic heterocycles. The molecule has 0 radical (unpaired) electrons. The number of benzene rings is 3. The van der Waals surface area contributed by atoms with Crippen molar-refractivity contribution in [2.45, 2.75) is 31.4 Å². The molecule has 5 nitrogen and oxygen atoms in total. The average molecular weight is 498 g/mol. The molecule has 1 heterocycles. The molecule has 3 aromatic rings. The van der Waals surface area contributed by atoms with Crippen LogP contribution in [-0.2, 0) is 0 Å². The standard InChI is InChI=1S/C27H29Cl2N3O2/c28-21-8-4-10-24(18-21)31-27(33)30-23-12-15-32(16-13-23)17-14-26(20-6-2-1-3-7-20)34-25-11-5-9-22(29)19-25/h1-11,18-19,23,26H,12-17H2,(H2,30,31,33). The first-order valence-corrected chi connectivity index (χ1v) is 12.3. The lowest BCUT2D eigenvalue weighted by molar-refractivity contribution is 0.144. The molecule has 1 atom stereocenters. The van der Waals surface area contributed by atoms with Gasteiger partial charge < -0.3 is 20.3 Å². The van der Waals surface area contributed by atoms with Crippen molar-refractivity contribution in [2.75, 3.05) is 25.0 Å². The lowest BCUT2D eigenvalue weighted by Gasteiger charge is -2.33. The summed E-state index contributed by atoms with van der Waals surface area (Å²) in [5, 5.41) is 7.19. The topological polar surface area (TPSA) is 53.6 Å². The maximum atomic E-state index is 12.3. The zero-order valence-electron chi connectivity index (χ0n) is 18.9. The zero-order valence-corrected chi connectivity index (χ0v) is 20.4. The molecule has 1 fully saturated rings. The summed E-state index contributed by atoms with van der Waals surface area (Å²) in [7, 11) is 0. The highest BCUT2D eigenvalue weighted by atomic mass is 35.5. The first-order chi connectivity index (χ1) is 16.5. The summed E-state index contributed by atoms with van der Waals surface area (Å²) in [6, 6.07) is 24.9. The molecular weight excluding hydrogens is 469 g/mol. The summed E-state index contributed by atoms with van der Waals surface area (Å²) < 4.78 is 6.33. The number of ether oxygens (including phenoxy) is 1. The summed E-state index contributed by atoms with van der Waals surface area (Å²) in [6.45, 7) is 2.78. The number of nitrogens with zero attached hydrogens (tertiary/aromatic N) is 1. The molecule has 0 saturated carbocycles. The van der Waals surface area contributed by atoms with Crippen molar-refractivity contribution in [3.63, 3.8) is 0 Å². The fraction of sp³-hybridized carbons (Fsp3) is 0.296. The van der Waals surface area contributed by atoms with Crippen LogP contribution >= 0.6 is 23.2 Å². The minimum absolute atomic E-state index is 0.0565. The lowest BCUT2D eigenvalue weighted by atomic mass is 10.0. The molecule has 1 unspecified atom stereocenters. The molecule has 2 N–H and O–H groups in total. The maximum absolute atomic E-state index is 12.3. The highest BCUT2D eigenvalue weighted by Gasteiger charge is 2.22.